The van der Waals surface area contributed by atoms with E-state index in [-0.39, 0.29) is 11.3 Å². The highest BCUT2D eigenvalue weighted by atomic mass is 19.1. The van der Waals surface area contributed by atoms with Gasteiger partial charge in [0.2, 0.25) is 0 Å². The first-order chi connectivity index (χ1) is 7.91. The molecule has 0 bridgehead atoms. The molecule has 0 aromatic heterocycles. The highest BCUT2D eigenvalue weighted by Gasteiger charge is 2.26. The van der Waals surface area contributed by atoms with E-state index in [4.69, 9.17) is 10.2 Å². The molecule has 0 radical (unpaired) electrons. The summed E-state index contributed by atoms with van der Waals surface area (Å²) in [5.41, 5.74) is -1.48. The Morgan fingerprint density at radius 3 is 2.53 bits per heavy atom. The van der Waals surface area contributed by atoms with Crippen LogP contribution in [0.15, 0.2) is 18.2 Å². The van der Waals surface area contributed by atoms with Crippen molar-refractivity contribution in [2.45, 2.75) is 12.5 Å². The number of aliphatic hydroxyl groups is 2. The van der Waals surface area contributed by atoms with Gasteiger partial charge >= 0.3 is 0 Å². The molecule has 0 fully saturated rings. The number of rotatable bonds is 4. The Bertz CT molecular complexity index is 418. The molecule has 1 amide bonds. The lowest BCUT2D eigenvalue weighted by atomic mass is 10.0. The molecule has 1 rings (SSSR count). The van der Waals surface area contributed by atoms with Crippen molar-refractivity contribution < 1.29 is 24.5 Å². The second-order valence-corrected chi connectivity index (χ2v) is 3.99. The van der Waals surface area contributed by atoms with Crippen LogP contribution in [0.4, 0.5) is 4.39 Å². The Kier molecular flexibility index (Phi) is 4.03. The molecule has 6 heteroatoms. The summed E-state index contributed by atoms with van der Waals surface area (Å²) in [6.45, 7) is 0.456. The van der Waals surface area contributed by atoms with Crippen molar-refractivity contribution in [1.82, 2.24) is 5.32 Å². The van der Waals surface area contributed by atoms with Gasteiger partial charge in [0.25, 0.3) is 5.91 Å². The van der Waals surface area contributed by atoms with Crippen molar-refractivity contribution >= 4 is 5.91 Å². The highest BCUT2D eigenvalue weighted by Crippen LogP contribution is 2.18. The molecule has 0 atom stereocenters. The second kappa shape index (κ2) is 5.11. The van der Waals surface area contributed by atoms with Gasteiger partial charge in [-0.3, -0.25) is 4.79 Å². The van der Waals surface area contributed by atoms with Crippen LogP contribution in [0.5, 0.6) is 5.75 Å². The van der Waals surface area contributed by atoms with Crippen LogP contribution >= 0.6 is 0 Å². The smallest absolute Gasteiger partial charge is 0.255 e. The lowest BCUT2D eigenvalue weighted by Crippen LogP contribution is -2.51. The van der Waals surface area contributed by atoms with E-state index in [0.717, 1.165) is 18.2 Å². The predicted octanol–water partition coefficient (Wildman–Crippen LogP) is 0.00440. The Morgan fingerprint density at radius 1 is 1.41 bits per heavy atom. The van der Waals surface area contributed by atoms with Crippen LogP contribution < -0.4 is 5.32 Å². The number of carbonyl (C=O) groups is 1. The van der Waals surface area contributed by atoms with Gasteiger partial charge in [0, 0.05) is 0 Å². The van der Waals surface area contributed by atoms with E-state index in [9.17, 15) is 14.3 Å². The Balaban J connectivity index is 2.94. The number of halogens is 1. The molecular formula is C11H14FNO4. The molecule has 0 saturated heterocycles. The fraction of sp³-hybridized carbons (Fsp3) is 0.364. The maximum absolute atomic E-state index is 12.9. The molecule has 17 heavy (non-hydrogen) atoms. The van der Waals surface area contributed by atoms with Crippen molar-refractivity contribution in [3.63, 3.8) is 0 Å². The number of amides is 1. The van der Waals surface area contributed by atoms with Gasteiger partial charge in [0.1, 0.15) is 11.6 Å². The number of nitrogens with one attached hydrogen (secondary N) is 1. The Labute approximate surface area is 97.5 Å². The third-order valence-electron chi connectivity index (χ3n) is 2.32. The summed E-state index contributed by atoms with van der Waals surface area (Å²) in [6, 6.07) is 2.95. The molecule has 0 aliphatic heterocycles. The lowest BCUT2D eigenvalue weighted by Gasteiger charge is -2.26. The van der Waals surface area contributed by atoms with E-state index in [2.05, 4.69) is 5.32 Å². The first kappa shape index (κ1) is 13.4. The zero-order valence-corrected chi connectivity index (χ0v) is 9.27. The van der Waals surface area contributed by atoms with Gasteiger partial charge in [-0.25, -0.2) is 4.39 Å². The maximum atomic E-state index is 12.9. The van der Waals surface area contributed by atoms with E-state index in [1.54, 1.807) is 0 Å². The van der Waals surface area contributed by atoms with Crippen molar-refractivity contribution in [2.24, 2.45) is 0 Å². The molecule has 94 valence electrons. The zero-order valence-electron chi connectivity index (χ0n) is 9.27. The molecular weight excluding hydrogens is 229 g/mol. The molecule has 0 unspecified atom stereocenters. The molecule has 0 aliphatic carbocycles. The van der Waals surface area contributed by atoms with Crippen molar-refractivity contribution in [3.8, 4) is 5.75 Å². The minimum Gasteiger partial charge on any atom is -0.507 e. The number of carbonyl (C=O) groups excluding carboxylic acids is 1. The number of benzene rings is 1. The third kappa shape index (κ3) is 3.15. The summed E-state index contributed by atoms with van der Waals surface area (Å²) >= 11 is 0. The van der Waals surface area contributed by atoms with Crippen molar-refractivity contribution in [1.29, 1.82) is 0 Å². The standard InChI is InChI=1S/C11H14FNO4/c1-11(5-14,6-15)13-10(17)8-4-7(12)2-3-9(8)16/h2-4,14-16H,5-6H2,1H3,(H,13,17). The fourth-order valence-electron chi connectivity index (χ4n) is 1.16. The molecule has 0 aliphatic rings. The predicted molar refractivity (Wildman–Crippen MR) is 58.1 cm³/mol. The van der Waals surface area contributed by atoms with Gasteiger partial charge < -0.3 is 20.6 Å². The summed E-state index contributed by atoms with van der Waals surface area (Å²) in [6.07, 6.45) is 0. The summed E-state index contributed by atoms with van der Waals surface area (Å²) in [7, 11) is 0. The van der Waals surface area contributed by atoms with Crippen LogP contribution in [0.2, 0.25) is 0 Å². The molecule has 0 spiro atoms. The summed E-state index contributed by atoms with van der Waals surface area (Å²) in [4.78, 5) is 11.7. The van der Waals surface area contributed by atoms with Crippen molar-refractivity contribution in [2.75, 3.05) is 13.2 Å². The number of phenols is 1. The molecule has 5 nitrogen and oxygen atoms in total. The molecule has 0 saturated carbocycles. The monoisotopic (exact) mass is 243 g/mol. The van der Waals surface area contributed by atoms with Crippen LogP contribution in [0.25, 0.3) is 0 Å². The van der Waals surface area contributed by atoms with Gasteiger partial charge in [0.15, 0.2) is 0 Å². The van der Waals surface area contributed by atoms with Crippen molar-refractivity contribution in [3.05, 3.63) is 29.6 Å². The highest BCUT2D eigenvalue weighted by molar-refractivity contribution is 5.97. The van der Waals surface area contributed by atoms with Gasteiger partial charge in [-0.15, -0.1) is 0 Å². The Hall–Kier alpha value is -1.66. The largest absolute Gasteiger partial charge is 0.507 e. The maximum Gasteiger partial charge on any atom is 0.255 e. The van der Waals surface area contributed by atoms with Crippen LogP contribution in [-0.4, -0.2) is 40.0 Å². The second-order valence-electron chi connectivity index (χ2n) is 3.99. The molecule has 1 aromatic carbocycles. The van der Waals surface area contributed by atoms with E-state index < -0.39 is 30.5 Å². The summed E-state index contributed by atoms with van der Waals surface area (Å²) in [5.74, 6) is -1.81. The minimum atomic E-state index is -1.23. The average molecular weight is 243 g/mol. The van der Waals surface area contributed by atoms with Crippen LogP contribution in [-0.2, 0) is 0 Å². The topological polar surface area (TPSA) is 89.8 Å². The van der Waals surface area contributed by atoms with Gasteiger partial charge in [-0.05, 0) is 25.1 Å². The lowest BCUT2D eigenvalue weighted by molar-refractivity contribution is 0.0721. The number of aliphatic hydroxyl groups excluding tert-OH is 2. The minimum absolute atomic E-state index is 0.252. The van der Waals surface area contributed by atoms with Crippen LogP contribution in [0, 0.1) is 5.82 Å². The SMILES string of the molecule is CC(CO)(CO)NC(=O)c1cc(F)ccc1O. The van der Waals surface area contributed by atoms with E-state index >= 15 is 0 Å². The van der Waals surface area contributed by atoms with E-state index in [1.165, 1.54) is 6.92 Å². The quantitative estimate of drug-likeness (QED) is 0.599. The number of hydrogen-bond donors (Lipinski definition) is 4. The Morgan fingerprint density at radius 2 is 2.00 bits per heavy atom. The average Bonchev–Trinajstić information content (AvgIpc) is 2.32. The molecule has 0 heterocycles. The van der Waals surface area contributed by atoms with Crippen LogP contribution in [0.3, 0.4) is 0 Å². The van der Waals surface area contributed by atoms with Gasteiger partial charge in [-0.2, -0.15) is 0 Å². The van der Waals surface area contributed by atoms with Crippen LogP contribution in [0.1, 0.15) is 17.3 Å². The number of aromatic hydroxyl groups is 1. The van der Waals surface area contributed by atoms with E-state index in [1.807, 2.05) is 0 Å². The first-order valence-corrected chi connectivity index (χ1v) is 4.94. The number of hydrogen-bond acceptors (Lipinski definition) is 4. The molecule has 4 N–H and O–H groups in total. The number of phenolic OH excluding ortho intramolecular Hbond substituents is 1. The normalized spacial score (nSPS) is 11.3. The van der Waals surface area contributed by atoms with Gasteiger partial charge in [0.05, 0.1) is 24.3 Å². The first-order valence-electron chi connectivity index (χ1n) is 4.94. The summed E-state index contributed by atoms with van der Waals surface area (Å²) in [5, 5.41) is 29.7. The fourth-order valence-corrected chi connectivity index (χ4v) is 1.16. The summed E-state index contributed by atoms with van der Waals surface area (Å²) < 4.78 is 12.9. The zero-order chi connectivity index (χ0) is 13.1. The van der Waals surface area contributed by atoms with Gasteiger partial charge in [-0.1, -0.05) is 0 Å². The van der Waals surface area contributed by atoms with E-state index in [0.29, 0.717) is 0 Å². The molecule has 1 aromatic rings. The third-order valence-corrected chi connectivity index (χ3v) is 2.32.